The van der Waals surface area contributed by atoms with Crippen LogP contribution in [0, 0.1) is 6.92 Å². The van der Waals surface area contributed by atoms with Crippen molar-refractivity contribution in [3.63, 3.8) is 0 Å². The molecule has 0 spiro atoms. The summed E-state index contributed by atoms with van der Waals surface area (Å²) in [7, 11) is 1.30. The summed E-state index contributed by atoms with van der Waals surface area (Å²) in [5.41, 5.74) is 2.43. The van der Waals surface area contributed by atoms with Crippen molar-refractivity contribution in [3.05, 3.63) is 82.5 Å². The fraction of sp³-hybridized carbons (Fsp3) is 0.120. The normalized spacial score (nSPS) is 14.5. The predicted molar refractivity (Wildman–Crippen MR) is 128 cm³/mol. The number of carbonyl (C=O) groups is 4. The van der Waals surface area contributed by atoms with Gasteiger partial charge in [-0.15, -0.1) is 0 Å². The van der Waals surface area contributed by atoms with Crippen molar-refractivity contribution in [2.24, 2.45) is 0 Å². The number of rotatable bonds is 6. The number of nitrogens with one attached hydrogen (secondary N) is 1. The van der Waals surface area contributed by atoms with E-state index in [4.69, 9.17) is 9.15 Å². The van der Waals surface area contributed by atoms with E-state index in [1.54, 1.807) is 54.6 Å². The van der Waals surface area contributed by atoms with Crippen molar-refractivity contribution >= 4 is 46.5 Å². The van der Waals surface area contributed by atoms with E-state index in [0.29, 0.717) is 28.3 Å². The molecule has 4 rings (SSSR count). The number of esters is 1. The van der Waals surface area contributed by atoms with Gasteiger partial charge in [-0.3, -0.25) is 19.3 Å². The fourth-order valence-electron chi connectivity index (χ4n) is 3.39. The molecule has 1 aromatic heterocycles. The highest BCUT2D eigenvalue weighted by Gasteiger charge is 2.36. The first-order valence-electron chi connectivity index (χ1n) is 10.2. The number of imide groups is 1. The number of hydrogen-bond donors (Lipinski definition) is 1. The van der Waals surface area contributed by atoms with Gasteiger partial charge < -0.3 is 14.5 Å². The molecule has 1 saturated heterocycles. The second-order valence-corrected chi connectivity index (χ2v) is 8.42. The van der Waals surface area contributed by atoms with Gasteiger partial charge in [0.25, 0.3) is 11.1 Å². The Hall–Kier alpha value is -4.11. The number of hydrogen-bond acceptors (Lipinski definition) is 7. The zero-order chi connectivity index (χ0) is 24.2. The molecule has 2 aromatic carbocycles. The van der Waals surface area contributed by atoms with Crippen LogP contribution in [0.2, 0.25) is 0 Å². The van der Waals surface area contributed by atoms with E-state index in [0.717, 1.165) is 22.2 Å². The molecule has 0 bridgehead atoms. The quantitative estimate of drug-likeness (QED) is 0.405. The predicted octanol–water partition coefficient (Wildman–Crippen LogP) is 4.72. The van der Waals surface area contributed by atoms with Gasteiger partial charge in [-0.05, 0) is 54.6 Å². The zero-order valence-corrected chi connectivity index (χ0v) is 19.2. The van der Waals surface area contributed by atoms with Crippen molar-refractivity contribution < 1.29 is 28.3 Å². The number of benzene rings is 2. The van der Waals surface area contributed by atoms with Crippen LogP contribution in [0.1, 0.15) is 21.7 Å². The van der Waals surface area contributed by atoms with E-state index in [-0.39, 0.29) is 4.91 Å². The van der Waals surface area contributed by atoms with Crippen LogP contribution in [-0.2, 0) is 14.3 Å². The maximum absolute atomic E-state index is 12.8. The largest absolute Gasteiger partial charge is 0.465 e. The van der Waals surface area contributed by atoms with Gasteiger partial charge in [-0.2, -0.15) is 0 Å². The van der Waals surface area contributed by atoms with Crippen LogP contribution in [0.5, 0.6) is 0 Å². The minimum atomic E-state index is -0.581. The lowest BCUT2D eigenvalue weighted by Gasteiger charge is -2.12. The Morgan fingerprint density at radius 1 is 1.09 bits per heavy atom. The number of nitrogens with zero attached hydrogens (tertiary/aromatic N) is 1. The fourth-order valence-corrected chi connectivity index (χ4v) is 4.21. The first kappa shape index (κ1) is 23.1. The van der Waals surface area contributed by atoms with E-state index in [2.05, 4.69) is 5.32 Å². The van der Waals surface area contributed by atoms with Gasteiger partial charge in [0, 0.05) is 17.3 Å². The molecule has 0 radical (unpaired) electrons. The molecule has 3 amide bonds. The first-order valence-corrected chi connectivity index (χ1v) is 11.1. The van der Waals surface area contributed by atoms with Crippen molar-refractivity contribution in [1.29, 1.82) is 0 Å². The Morgan fingerprint density at radius 2 is 1.88 bits per heavy atom. The van der Waals surface area contributed by atoms with E-state index >= 15 is 0 Å². The molecule has 0 saturated carbocycles. The van der Waals surface area contributed by atoms with Crippen molar-refractivity contribution in [3.8, 4) is 11.3 Å². The summed E-state index contributed by atoms with van der Waals surface area (Å²) >= 11 is 0.729. The molecule has 1 aliphatic rings. The average molecular weight is 477 g/mol. The van der Waals surface area contributed by atoms with Gasteiger partial charge in [0.1, 0.15) is 18.1 Å². The number of furan rings is 1. The van der Waals surface area contributed by atoms with Crippen LogP contribution < -0.4 is 5.32 Å². The minimum Gasteiger partial charge on any atom is -0.465 e. The number of ether oxygens (including phenoxy) is 1. The summed E-state index contributed by atoms with van der Waals surface area (Å²) in [6.45, 7) is 1.50. The molecule has 1 aliphatic heterocycles. The highest BCUT2D eigenvalue weighted by atomic mass is 32.2. The first-order chi connectivity index (χ1) is 16.4. The molecule has 0 aliphatic carbocycles. The maximum atomic E-state index is 12.8. The van der Waals surface area contributed by atoms with Crippen LogP contribution in [-0.4, -0.2) is 41.6 Å². The Kier molecular flexibility index (Phi) is 6.65. The monoisotopic (exact) mass is 476 g/mol. The molecule has 0 atom stereocenters. The number of amides is 3. The Morgan fingerprint density at radius 3 is 2.65 bits per heavy atom. The highest BCUT2D eigenvalue weighted by Crippen LogP contribution is 2.34. The number of anilines is 1. The van der Waals surface area contributed by atoms with Crippen LogP contribution in [0.3, 0.4) is 0 Å². The van der Waals surface area contributed by atoms with Gasteiger partial charge in [0.2, 0.25) is 5.91 Å². The molecule has 1 N–H and O–H groups in total. The second-order valence-electron chi connectivity index (χ2n) is 7.42. The summed E-state index contributed by atoms with van der Waals surface area (Å²) in [5.74, 6) is -0.830. The Labute approximate surface area is 199 Å². The molecule has 9 heteroatoms. The maximum Gasteiger partial charge on any atom is 0.338 e. The number of carbonyl (C=O) groups excluding carboxylic acids is 4. The zero-order valence-electron chi connectivity index (χ0n) is 18.4. The molecule has 1 fully saturated rings. The number of methoxy groups -OCH3 is 1. The summed E-state index contributed by atoms with van der Waals surface area (Å²) in [4.78, 5) is 50.5. The third-order valence-electron chi connectivity index (χ3n) is 4.98. The minimum absolute atomic E-state index is 0.135. The molecule has 0 unspecified atom stereocenters. The van der Waals surface area contributed by atoms with Crippen molar-refractivity contribution in [1.82, 2.24) is 4.90 Å². The topological polar surface area (TPSA) is 106 Å². The molecule has 2 heterocycles. The average Bonchev–Trinajstić information content (AvgIpc) is 3.39. The second kappa shape index (κ2) is 9.80. The lowest BCUT2D eigenvalue weighted by Crippen LogP contribution is -2.36. The smallest absolute Gasteiger partial charge is 0.338 e. The molecule has 172 valence electrons. The van der Waals surface area contributed by atoms with E-state index < -0.39 is 29.6 Å². The summed E-state index contributed by atoms with van der Waals surface area (Å²) in [6, 6.07) is 17.3. The van der Waals surface area contributed by atoms with Crippen molar-refractivity contribution in [2.45, 2.75) is 6.92 Å². The Bertz CT molecular complexity index is 1330. The number of thioether (sulfide) groups is 1. The SMILES string of the molecule is COC(=O)c1ccccc1-c1ccc(/C=C2\SC(=O)N(CC(=O)Nc3cccc(C)c3)C2=O)o1. The van der Waals surface area contributed by atoms with Crippen LogP contribution in [0.4, 0.5) is 10.5 Å². The summed E-state index contributed by atoms with van der Waals surface area (Å²) < 4.78 is 10.6. The highest BCUT2D eigenvalue weighted by molar-refractivity contribution is 8.18. The van der Waals surface area contributed by atoms with E-state index in [1.165, 1.54) is 13.2 Å². The molecule has 34 heavy (non-hydrogen) atoms. The lowest BCUT2D eigenvalue weighted by atomic mass is 10.1. The van der Waals surface area contributed by atoms with Crippen LogP contribution in [0.25, 0.3) is 17.4 Å². The summed E-state index contributed by atoms with van der Waals surface area (Å²) in [6.07, 6.45) is 1.44. The number of aryl methyl sites for hydroxylation is 1. The van der Waals surface area contributed by atoms with E-state index in [1.807, 2.05) is 13.0 Å². The molecular weight excluding hydrogens is 456 g/mol. The van der Waals surface area contributed by atoms with Crippen LogP contribution in [0.15, 0.2) is 70.0 Å². The van der Waals surface area contributed by atoms with Gasteiger partial charge >= 0.3 is 5.97 Å². The van der Waals surface area contributed by atoms with Gasteiger partial charge in [0.05, 0.1) is 17.6 Å². The van der Waals surface area contributed by atoms with Gasteiger partial charge in [-0.1, -0.05) is 30.3 Å². The van der Waals surface area contributed by atoms with Crippen molar-refractivity contribution in [2.75, 3.05) is 19.0 Å². The molecule has 8 nitrogen and oxygen atoms in total. The summed E-state index contributed by atoms with van der Waals surface area (Å²) in [5, 5.41) is 2.14. The molecular formula is C25H20N2O6S. The van der Waals surface area contributed by atoms with E-state index in [9.17, 15) is 19.2 Å². The van der Waals surface area contributed by atoms with Gasteiger partial charge in [0.15, 0.2) is 0 Å². The standard InChI is InChI=1S/C25H20N2O6S/c1-15-6-5-7-16(12-15)26-22(28)14-27-23(29)21(34-25(27)31)13-17-10-11-20(33-17)18-8-3-4-9-19(18)24(30)32-2/h3-13H,14H2,1-2H3,(H,26,28)/b21-13-. The Balaban J connectivity index is 1.49. The van der Waals surface area contributed by atoms with Crippen LogP contribution >= 0.6 is 11.8 Å². The van der Waals surface area contributed by atoms with Gasteiger partial charge in [-0.25, -0.2) is 4.79 Å². The molecule has 3 aromatic rings. The lowest BCUT2D eigenvalue weighted by molar-refractivity contribution is -0.127. The third kappa shape index (κ3) is 4.94. The third-order valence-corrected chi connectivity index (χ3v) is 5.88.